The third-order valence-corrected chi connectivity index (χ3v) is 8.38. The van der Waals surface area contributed by atoms with Gasteiger partial charge < -0.3 is 10.2 Å². The first-order valence-corrected chi connectivity index (χ1v) is 14.0. The monoisotopic (exact) mass is 545 g/mol. The van der Waals surface area contributed by atoms with Gasteiger partial charge in [0, 0.05) is 23.5 Å². The Balaban J connectivity index is 1.75. The average Bonchev–Trinajstić information content (AvgIpc) is 3.44. The summed E-state index contributed by atoms with van der Waals surface area (Å²) in [5.74, 6) is 0.0497. The van der Waals surface area contributed by atoms with E-state index in [9.17, 15) is 13.2 Å². The van der Waals surface area contributed by atoms with Crippen molar-refractivity contribution in [1.82, 2.24) is 20.0 Å². The largest absolute Gasteiger partial charge is 0.354 e. The number of anilines is 1. The molecule has 2 aliphatic rings. The van der Waals surface area contributed by atoms with E-state index in [4.69, 9.17) is 5.10 Å². The lowest BCUT2D eigenvalue weighted by molar-refractivity contribution is 0.0957. The Bertz CT molecular complexity index is 1370. The standard InChI is InChI=1S/C24H28BrN5O3S/c1-26-24(31)23-20-12-19(15-4-5-15)22(30(34(3,32)33)18-10-11-28(2)14-18)13-21(20)27-29(23)17-8-6-16(25)7-9-17/h6-9,12-13,15,18H,4-5,10-11,14H2,1-3H3,(H,26,31). The van der Waals surface area contributed by atoms with Crippen LogP contribution in [0.2, 0.25) is 0 Å². The number of halogens is 1. The van der Waals surface area contributed by atoms with Crippen molar-refractivity contribution >= 4 is 48.5 Å². The van der Waals surface area contributed by atoms with E-state index in [1.54, 1.807) is 16.0 Å². The zero-order valence-corrected chi connectivity index (χ0v) is 21.9. The number of likely N-dealkylation sites (N-methyl/N-ethyl adjacent to an activating group) is 1. The summed E-state index contributed by atoms with van der Waals surface area (Å²) in [5.41, 5.74) is 3.47. The zero-order chi connectivity index (χ0) is 24.2. The highest BCUT2D eigenvalue weighted by Gasteiger charge is 2.37. The lowest BCUT2D eigenvalue weighted by Crippen LogP contribution is -2.41. The highest BCUT2D eigenvalue weighted by atomic mass is 79.9. The molecule has 180 valence electrons. The van der Waals surface area contributed by atoms with Gasteiger partial charge in [-0.15, -0.1) is 0 Å². The number of nitrogens with zero attached hydrogens (tertiary/aromatic N) is 4. The van der Waals surface area contributed by atoms with Gasteiger partial charge in [0.2, 0.25) is 10.0 Å². The van der Waals surface area contributed by atoms with Gasteiger partial charge in [0.1, 0.15) is 5.69 Å². The normalized spacial score (nSPS) is 19.0. The third-order valence-electron chi connectivity index (χ3n) is 6.64. The number of amides is 1. The van der Waals surface area contributed by atoms with Crippen molar-refractivity contribution in [2.24, 2.45) is 0 Å². The minimum atomic E-state index is -3.52. The van der Waals surface area contributed by atoms with Crippen LogP contribution in [0.5, 0.6) is 0 Å². The summed E-state index contributed by atoms with van der Waals surface area (Å²) in [7, 11) is 0.102. The van der Waals surface area contributed by atoms with Crippen LogP contribution in [-0.2, 0) is 10.0 Å². The molecule has 10 heteroatoms. The van der Waals surface area contributed by atoms with Crippen LogP contribution in [0.3, 0.4) is 0 Å². The van der Waals surface area contributed by atoms with Crippen LogP contribution in [0.1, 0.15) is 41.2 Å². The second-order valence-electron chi connectivity index (χ2n) is 9.28. The summed E-state index contributed by atoms with van der Waals surface area (Å²) < 4.78 is 30.3. The third kappa shape index (κ3) is 4.23. The number of sulfonamides is 1. The van der Waals surface area contributed by atoms with Crippen molar-refractivity contribution in [2.75, 3.05) is 37.7 Å². The van der Waals surface area contributed by atoms with Crippen LogP contribution in [0, 0.1) is 0 Å². The van der Waals surface area contributed by atoms with Crippen molar-refractivity contribution < 1.29 is 13.2 Å². The maximum Gasteiger partial charge on any atom is 0.270 e. The van der Waals surface area contributed by atoms with Gasteiger partial charge in [-0.05, 0) is 80.7 Å². The Kier molecular flexibility index (Phi) is 5.94. The van der Waals surface area contributed by atoms with Crippen molar-refractivity contribution in [3.8, 4) is 5.69 Å². The molecule has 1 amide bonds. The summed E-state index contributed by atoms with van der Waals surface area (Å²) in [6.45, 7) is 1.54. The van der Waals surface area contributed by atoms with E-state index >= 15 is 0 Å². The maximum atomic E-state index is 13.1. The van der Waals surface area contributed by atoms with Gasteiger partial charge in [0.25, 0.3) is 5.91 Å². The van der Waals surface area contributed by atoms with E-state index in [0.717, 1.165) is 46.9 Å². The molecule has 5 rings (SSSR count). The fourth-order valence-corrected chi connectivity index (χ4v) is 6.40. The smallest absolute Gasteiger partial charge is 0.270 e. The van der Waals surface area contributed by atoms with Gasteiger partial charge in [-0.2, -0.15) is 5.10 Å². The van der Waals surface area contributed by atoms with Gasteiger partial charge in [-0.1, -0.05) is 15.9 Å². The highest BCUT2D eigenvalue weighted by molar-refractivity contribution is 9.10. The van der Waals surface area contributed by atoms with E-state index in [1.165, 1.54) is 6.26 Å². The molecule has 1 saturated heterocycles. The topological polar surface area (TPSA) is 87.5 Å². The van der Waals surface area contributed by atoms with Gasteiger partial charge in [-0.25, -0.2) is 13.1 Å². The van der Waals surface area contributed by atoms with Crippen molar-refractivity contribution in [3.05, 3.63) is 52.1 Å². The van der Waals surface area contributed by atoms with Gasteiger partial charge in [0.05, 0.1) is 29.2 Å². The number of hydrogen-bond donors (Lipinski definition) is 1. The molecule has 2 fully saturated rings. The minimum absolute atomic E-state index is 0.123. The van der Waals surface area contributed by atoms with Crippen molar-refractivity contribution in [2.45, 2.75) is 31.2 Å². The fourth-order valence-electron chi connectivity index (χ4n) is 4.91. The molecular weight excluding hydrogens is 518 g/mol. The first kappa shape index (κ1) is 23.3. The molecule has 1 atom stereocenters. The number of carbonyl (C=O) groups is 1. The lowest BCUT2D eigenvalue weighted by atomic mass is 10.0. The molecule has 1 N–H and O–H groups in total. The molecule has 2 aromatic carbocycles. The zero-order valence-electron chi connectivity index (χ0n) is 19.5. The molecule has 3 aromatic rings. The summed E-state index contributed by atoms with van der Waals surface area (Å²) in [6.07, 6.45) is 4.08. The van der Waals surface area contributed by atoms with E-state index in [1.807, 2.05) is 43.4 Å². The van der Waals surface area contributed by atoms with E-state index in [0.29, 0.717) is 23.4 Å². The number of carbonyl (C=O) groups excluding carboxylic acids is 1. The Morgan fingerprint density at radius 1 is 1.18 bits per heavy atom. The number of rotatable bonds is 6. The molecule has 34 heavy (non-hydrogen) atoms. The molecule has 1 unspecified atom stereocenters. The van der Waals surface area contributed by atoms with Crippen molar-refractivity contribution in [1.29, 1.82) is 0 Å². The summed E-state index contributed by atoms with van der Waals surface area (Å²) in [6, 6.07) is 11.3. The second kappa shape index (κ2) is 8.66. The van der Waals surface area contributed by atoms with Gasteiger partial charge >= 0.3 is 0 Å². The number of nitrogens with one attached hydrogen (secondary N) is 1. The molecular formula is C24H28BrN5O3S. The number of benzene rings is 2. The number of aromatic nitrogens is 2. The molecule has 0 bridgehead atoms. The molecule has 0 spiro atoms. The van der Waals surface area contributed by atoms with Crippen LogP contribution in [0.25, 0.3) is 16.6 Å². The molecule has 1 aliphatic heterocycles. The first-order valence-electron chi connectivity index (χ1n) is 11.4. The Morgan fingerprint density at radius 2 is 1.88 bits per heavy atom. The summed E-state index contributed by atoms with van der Waals surface area (Å²) >= 11 is 3.45. The Hall–Kier alpha value is -2.43. The number of fused-ring (bicyclic) bond motifs is 1. The number of likely N-dealkylation sites (tertiary alicyclic amines) is 1. The SMILES string of the molecule is CNC(=O)c1c2cc(C3CC3)c(N(C3CCN(C)C3)S(C)(=O)=O)cc2nn1-c1ccc(Br)cc1. The average molecular weight is 546 g/mol. The van der Waals surface area contributed by atoms with Crippen molar-refractivity contribution in [3.63, 3.8) is 0 Å². The van der Waals surface area contributed by atoms with E-state index < -0.39 is 10.0 Å². The molecule has 0 radical (unpaired) electrons. The van der Waals surface area contributed by atoms with Gasteiger partial charge in [0.15, 0.2) is 0 Å². The van der Waals surface area contributed by atoms with E-state index in [2.05, 4.69) is 26.1 Å². The van der Waals surface area contributed by atoms with E-state index in [-0.39, 0.29) is 17.9 Å². The molecule has 2 heterocycles. The molecule has 1 aromatic heterocycles. The first-order chi connectivity index (χ1) is 16.2. The fraction of sp³-hybridized carbons (Fsp3) is 0.417. The van der Waals surface area contributed by atoms with Gasteiger partial charge in [-0.3, -0.25) is 9.10 Å². The maximum absolute atomic E-state index is 13.1. The summed E-state index contributed by atoms with van der Waals surface area (Å²) in [5, 5.41) is 8.24. The minimum Gasteiger partial charge on any atom is -0.354 e. The predicted octanol–water partition coefficient (Wildman–Crippen LogP) is 3.50. The van der Waals surface area contributed by atoms with Crippen LogP contribution in [0.15, 0.2) is 40.9 Å². The van der Waals surface area contributed by atoms with Crippen LogP contribution < -0.4 is 9.62 Å². The van der Waals surface area contributed by atoms with Crippen LogP contribution in [0.4, 0.5) is 5.69 Å². The van der Waals surface area contributed by atoms with Crippen LogP contribution in [-0.4, -0.2) is 68.5 Å². The lowest BCUT2D eigenvalue weighted by Gasteiger charge is -2.30. The highest BCUT2D eigenvalue weighted by Crippen LogP contribution is 2.47. The number of hydrogen-bond acceptors (Lipinski definition) is 5. The summed E-state index contributed by atoms with van der Waals surface area (Å²) in [4.78, 5) is 15.1. The van der Waals surface area contributed by atoms with Crippen LogP contribution >= 0.6 is 15.9 Å². The second-order valence-corrected chi connectivity index (χ2v) is 12.1. The molecule has 8 nitrogen and oxygen atoms in total. The quantitative estimate of drug-likeness (QED) is 0.512. The molecule has 1 aliphatic carbocycles. The molecule has 1 saturated carbocycles. The Morgan fingerprint density at radius 3 is 2.44 bits per heavy atom. The predicted molar refractivity (Wildman–Crippen MR) is 137 cm³/mol. The Labute approximate surface area is 208 Å².